The van der Waals surface area contributed by atoms with Gasteiger partial charge in [-0.05, 0) is 60.5 Å². The fourth-order valence-corrected chi connectivity index (χ4v) is 5.05. The number of hydrogen-bond donors (Lipinski definition) is 2. The smallest absolute Gasteiger partial charge is 0.300 e. The van der Waals surface area contributed by atoms with Crippen LogP contribution >= 0.6 is 0 Å². The normalized spacial score (nSPS) is 19.7. The van der Waals surface area contributed by atoms with Gasteiger partial charge in [-0.1, -0.05) is 12.1 Å². The van der Waals surface area contributed by atoms with Crippen LogP contribution in [0.3, 0.4) is 0 Å². The zero-order valence-electron chi connectivity index (χ0n) is 21.3. The van der Waals surface area contributed by atoms with Crippen LogP contribution in [0.5, 0.6) is 28.7 Å². The van der Waals surface area contributed by atoms with Crippen molar-refractivity contribution in [3.8, 4) is 28.7 Å². The molecule has 2 unspecified atom stereocenters. The maximum Gasteiger partial charge on any atom is 0.300 e. The first kappa shape index (κ1) is 25.0. The number of aliphatic hydroxyl groups is 1. The second kappa shape index (κ2) is 9.66. The number of hydrogen-bond acceptors (Lipinski definition) is 8. The van der Waals surface area contributed by atoms with E-state index in [0.717, 1.165) is 5.56 Å². The van der Waals surface area contributed by atoms with Crippen molar-refractivity contribution in [2.45, 2.75) is 25.5 Å². The summed E-state index contributed by atoms with van der Waals surface area (Å²) >= 11 is 0. The standard InChI is InChI=1S/C29H27NO8/c1-15-11-17-12-16(9-10-21(17)38-15)26(32)24-25(18-13-22(35-2)28(37-4)23(14-18)36-3)30(29(34)27(24)33)19-7-5-6-8-20(19)31/h5-10,12-15,25,31-32H,11H2,1-4H3/b26-24+. The first-order valence-electron chi connectivity index (χ1n) is 12.0. The zero-order chi connectivity index (χ0) is 27.1. The number of benzene rings is 3. The highest BCUT2D eigenvalue weighted by Gasteiger charge is 2.48. The molecule has 5 rings (SSSR count). The summed E-state index contributed by atoms with van der Waals surface area (Å²) in [7, 11) is 4.37. The van der Waals surface area contributed by atoms with E-state index in [1.807, 2.05) is 6.92 Å². The van der Waals surface area contributed by atoms with E-state index in [2.05, 4.69) is 0 Å². The highest BCUT2D eigenvalue weighted by Crippen LogP contribution is 2.48. The molecule has 2 aliphatic heterocycles. The first-order valence-corrected chi connectivity index (χ1v) is 12.0. The van der Waals surface area contributed by atoms with Crippen LogP contribution in [-0.4, -0.2) is 49.3 Å². The second-order valence-corrected chi connectivity index (χ2v) is 9.07. The van der Waals surface area contributed by atoms with E-state index in [4.69, 9.17) is 18.9 Å². The van der Waals surface area contributed by atoms with Crippen molar-refractivity contribution < 1.29 is 38.7 Å². The van der Waals surface area contributed by atoms with Crippen molar-refractivity contribution in [2.24, 2.45) is 0 Å². The van der Waals surface area contributed by atoms with Crippen molar-refractivity contribution in [1.29, 1.82) is 0 Å². The molecule has 1 amide bonds. The van der Waals surface area contributed by atoms with Crippen LogP contribution in [0.25, 0.3) is 5.76 Å². The summed E-state index contributed by atoms with van der Waals surface area (Å²) in [5, 5.41) is 22.1. The summed E-state index contributed by atoms with van der Waals surface area (Å²) in [5.74, 6) is -0.699. The van der Waals surface area contributed by atoms with Gasteiger partial charge in [0.25, 0.3) is 11.7 Å². The third kappa shape index (κ3) is 3.96. The lowest BCUT2D eigenvalue weighted by molar-refractivity contribution is -0.132. The summed E-state index contributed by atoms with van der Waals surface area (Å²) in [6.07, 6.45) is 0.646. The number of ether oxygens (including phenoxy) is 4. The Labute approximate surface area is 219 Å². The summed E-state index contributed by atoms with van der Waals surface area (Å²) < 4.78 is 22.2. The number of carbonyl (C=O) groups is 2. The molecule has 2 aliphatic rings. The summed E-state index contributed by atoms with van der Waals surface area (Å²) in [4.78, 5) is 28.1. The molecule has 3 aromatic rings. The number of rotatable bonds is 6. The molecule has 2 heterocycles. The molecule has 0 spiro atoms. The third-order valence-corrected chi connectivity index (χ3v) is 6.76. The van der Waals surface area contributed by atoms with Gasteiger partial charge in [-0.15, -0.1) is 0 Å². The fraction of sp³-hybridized carbons (Fsp3) is 0.241. The molecule has 2 atom stereocenters. The molecule has 2 N–H and O–H groups in total. The number of fused-ring (bicyclic) bond motifs is 1. The fourth-order valence-electron chi connectivity index (χ4n) is 5.05. The largest absolute Gasteiger partial charge is 0.507 e. The number of ketones is 1. The third-order valence-electron chi connectivity index (χ3n) is 6.76. The lowest BCUT2D eigenvalue weighted by Gasteiger charge is -2.27. The maximum atomic E-state index is 13.5. The van der Waals surface area contributed by atoms with E-state index in [-0.39, 0.29) is 28.9 Å². The number of anilines is 1. The molecule has 196 valence electrons. The second-order valence-electron chi connectivity index (χ2n) is 9.07. The zero-order valence-corrected chi connectivity index (χ0v) is 21.3. The Hall–Kier alpha value is -4.66. The van der Waals surface area contributed by atoms with Gasteiger partial charge in [0, 0.05) is 12.0 Å². The molecule has 0 aromatic heterocycles. The minimum Gasteiger partial charge on any atom is -0.507 e. The minimum absolute atomic E-state index is 0.00624. The van der Waals surface area contributed by atoms with Crippen molar-refractivity contribution in [2.75, 3.05) is 26.2 Å². The van der Waals surface area contributed by atoms with Crippen LogP contribution in [-0.2, 0) is 16.0 Å². The van der Waals surface area contributed by atoms with Gasteiger partial charge in [0.15, 0.2) is 11.5 Å². The Kier molecular flexibility index (Phi) is 6.36. The first-order chi connectivity index (χ1) is 18.3. The van der Waals surface area contributed by atoms with Crippen LogP contribution in [0.15, 0.2) is 60.2 Å². The van der Waals surface area contributed by atoms with Gasteiger partial charge < -0.3 is 29.2 Å². The molecule has 0 aliphatic carbocycles. The Morgan fingerprint density at radius 2 is 1.66 bits per heavy atom. The molecule has 9 nitrogen and oxygen atoms in total. The Balaban J connectivity index is 1.76. The monoisotopic (exact) mass is 517 g/mol. The van der Waals surface area contributed by atoms with Crippen molar-refractivity contribution in [1.82, 2.24) is 0 Å². The number of methoxy groups -OCH3 is 3. The lowest BCUT2D eigenvalue weighted by Crippen LogP contribution is -2.29. The summed E-state index contributed by atoms with van der Waals surface area (Å²) in [6, 6.07) is 13.4. The molecular weight excluding hydrogens is 490 g/mol. The molecular formula is C29H27NO8. The van der Waals surface area contributed by atoms with E-state index in [0.29, 0.717) is 40.5 Å². The highest BCUT2D eigenvalue weighted by molar-refractivity contribution is 6.52. The number of phenolic OH excluding ortho intramolecular Hbond substituents is 1. The molecule has 1 fully saturated rings. The van der Waals surface area contributed by atoms with Crippen molar-refractivity contribution in [3.63, 3.8) is 0 Å². The van der Waals surface area contributed by atoms with Crippen LogP contribution in [0, 0.1) is 0 Å². The number of para-hydroxylation sites is 2. The predicted octanol–water partition coefficient (Wildman–Crippen LogP) is 4.37. The van der Waals surface area contributed by atoms with Gasteiger partial charge in [0.2, 0.25) is 5.75 Å². The van der Waals surface area contributed by atoms with Crippen LogP contribution in [0.1, 0.15) is 29.7 Å². The Morgan fingerprint density at radius 3 is 2.29 bits per heavy atom. The highest BCUT2D eigenvalue weighted by atomic mass is 16.5. The molecule has 0 saturated carbocycles. The Morgan fingerprint density at radius 1 is 0.974 bits per heavy atom. The molecule has 1 saturated heterocycles. The molecule has 0 radical (unpaired) electrons. The topological polar surface area (TPSA) is 115 Å². The van der Waals surface area contributed by atoms with Gasteiger partial charge in [-0.25, -0.2) is 0 Å². The Bertz CT molecular complexity index is 1450. The SMILES string of the molecule is COc1cc(C2/C(=C(\O)c3ccc4c(c3)CC(C)O4)C(=O)C(=O)N2c2ccccc2O)cc(OC)c1OC. The average Bonchev–Trinajstić information content (AvgIpc) is 3.42. The number of phenols is 1. The van der Waals surface area contributed by atoms with Crippen LogP contribution < -0.4 is 23.8 Å². The van der Waals surface area contributed by atoms with Gasteiger partial charge in [-0.2, -0.15) is 0 Å². The average molecular weight is 518 g/mol. The number of aromatic hydroxyl groups is 1. The summed E-state index contributed by atoms with van der Waals surface area (Å²) in [5.41, 5.74) is 1.64. The number of nitrogens with zero attached hydrogens (tertiary/aromatic N) is 1. The predicted molar refractivity (Wildman–Crippen MR) is 139 cm³/mol. The molecule has 9 heteroatoms. The van der Waals surface area contributed by atoms with Gasteiger partial charge in [0.1, 0.15) is 23.4 Å². The van der Waals surface area contributed by atoms with Gasteiger partial charge >= 0.3 is 0 Å². The van der Waals surface area contributed by atoms with Crippen molar-refractivity contribution in [3.05, 3.63) is 76.9 Å². The number of amides is 1. The quantitative estimate of drug-likeness (QED) is 0.282. The number of Topliss-reactive ketones (excluding diaryl/α,β-unsaturated/α-hetero) is 1. The van der Waals surface area contributed by atoms with Crippen LogP contribution in [0.4, 0.5) is 5.69 Å². The van der Waals surface area contributed by atoms with E-state index < -0.39 is 17.7 Å². The molecule has 3 aromatic carbocycles. The number of carbonyl (C=O) groups excluding carboxylic acids is 2. The molecule has 0 bridgehead atoms. The lowest BCUT2D eigenvalue weighted by atomic mass is 9.93. The summed E-state index contributed by atoms with van der Waals surface area (Å²) in [6.45, 7) is 1.95. The van der Waals surface area contributed by atoms with E-state index in [1.54, 1.807) is 42.5 Å². The van der Waals surface area contributed by atoms with E-state index >= 15 is 0 Å². The van der Waals surface area contributed by atoms with E-state index in [1.165, 1.54) is 38.4 Å². The van der Waals surface area contributed by atoms with Gasteiger partial charge in [-0.3, -0.25) is 14.5 Å². The van der Waals surface area contributed by atoms with E-state index in [9.17, 15) is 19.8 Å². The van der Waals surface area contributed by atoms with Crippen LogP contribution in [0.2, 0.25) is 0 Å². The van der Waals surface area contributed by atoms with Crippen molar-refractivity contribution >= 4 is 23.1 Å². The minimum atomic E-state index is -1.11. The number of aliphatic hydroxyl groups excluding tert-OH is 1. The van der Waals surface area contributed by atoms with Gasteiger partial charge in [0.05, 0.1) is 38.6 Å². The molecule has 38 heavy (non-hydrogen) atoms. The maximum absolute atomic E-state index is 13.5.